The highest BCUT2D eigenvalue weighted by Gasteiger charge is 2.08. The SMILES string of the molecule is C1=C(c2ccccn2)N1. The van der Waals surface area contributed by atoms with E-state index in [1.807, 2.05) is 24.4 Å². The summed E-state index contributed by atoms with van der Waals surface area (Å²) in [4.78, 5) is 4.11. The molecule has 0 unspecified atom stereocenters. The average Bonchev–Trinajstić information content (AvgIpc) is 2.71. The van der Waals surface area contributed by atoms with Crippen LogP contribution in [0.2, 0.25) is 0 Å². The van der Waals surface area contributed by atoms with E-state index in [9.17, 15) is 0 Å². The van der Waals surface area contributed by atoms with Gasteiger partial charge in [-0.25, -0.2) is 0 Å². The van der Waals surface area contributed by atoms with Crippen molar-refractivity contribution in [3.05, 3.63) is 36.3 Å². The molecule has 1 N–H and O–H groups in total. The average molecular weight is 118 g/mol. The van der Waals surface area contributed by atoms with Gasteiger partial charge in [-0.1, -0.05) is 6.07 Å². The van der Waals surface area contributed by atoms with Crippen LogP contribution in [0.5, 0.6) is 0 Å². The number of nitrogens with zero attached hydrogens (tertiary/aromatic N) is 1. The highest BCUT2D eigenvalue weighted by atomic mass is 15.0. The van der Waals surface area contributed by atoms with E-state index in [1.165, 1.54) is 0 Å². The molecule has 0 saturated carbocycles. The minimum atomic E-state index is 1.03. The Hall–Kier alpha value is -1.31. The third-order valence-corrected chi connectivity index (χ3v) is 1.23. The summed E-state index contributed by atoms with van der Waals surface area (Å²) in [5.41, 5.74) is 2.16. The predicted octanol–water partition coefficient (Wildman–Crippen LogP) is 0.983. The van der Waals surface area contributed by atoms with E-state index in [-0.39, 0.29) is 0 Å². The Morgan fingerprint density at radius 2 is 2.22 bits per heavy atom. The summed E-state index contributed by atoms with van der Waals surface area (Å²) in [6.45, 7) is 0. The summed E-state index contributed by atoms with van der Waals surface area (Å²) in [6, 6.07) is 5.86. The lowest BCUT2D eigenvalue weighted by Gasteiger charge is -1.87. The first-order chi connectivity index (χ1) is 4.47. The standard InChI is InChI=1S/C7H6N2/c1-2-4-8-6(3-1)7-5-9-7/h1-5,9H. The summed E-state index contributed by atoms with van der Waals surface area (Å²) >= 11 is 0. The van der Waals surface area contributed by atoms with Gasteiger partial charge < -0.3 is 5.32 Å². The Morgan fingerprint density at radius 3 is 2.78 bits per heavy atom. The van der Waals surface area contributed by atoms with Gasteiger partial charge in [0.2, 0.25) is 0 Å². The largest absolute Gasteiger partial charge is 0.357 e. The number of aromatic nitrogens is 1. The molecule has 0 atom stereocenters. The number of rotatable bonds is 1. The van der Waals surface area contributed by atoms with Gasteiger partial charge in [-0.05, 0) is 12.1 Å². The maximum absolute atomic E-state index is 4.11. The highest BCUT2D eigenvalue weighted by Crippen LogP contribution is 2.14. The molecule has 0 aromatic carbocycles. The summed E-state index contributed by atoms with van der Waals surface area (Å²) < 4.78 is 0. The van der Waals surface area contributed by atoms with Crippen LogP contribution >= 0.6 is 0 Å². The van der Waals surface area contributed by atoms with Gasteiger partial charge in [0.1, 0.15) is 0 Å². The van der Waals surface area contributed by atoms with Crippen LogP contribution in [0.25, 0.3) is 5.70 Å². The summed E-state index contributed by atoms with van der Waals surface area (Å²) in [7, 11) is 0. The molecule has 0 saturated heterocycles. The molecule has 2 nitrogen and oxygen atoms in total. The van der Waals surface area contributed by atoms with Crippen LogP contribution in [-0.2, 0) is 0 Å². The van der Waals surface area contributed by atoms with Crippen molar-refractivity contribution in [3.63, 3.8) is 0 Å². The number of nitrogens with one attached hydrogen (secondary N) is 1. The number of hydrogen-bond donors (Lipinski definition) is 1. The van der Waals surface area contributed by atoms with Crippen LogP contribution in [0.4, 0.5) is 0 Å². The molecule has 44 valence electrons. The van der Waals surface area contributed by atoms with Gasteiger partial charge in [-0.2, -0.15) is 0 Å². The maximum Gasteiger partial charge on any atom is 0.0879 e. The van der Waals surface area contributed by atoms with Crippen molar-refractivity contribution < 1.29 is 0 Å². The first-order valence-corrected chi connectivity index (χ1v) is 2.85. The fraction of sp³-hybridized carbons (Fsp3) is 0. The molecule has 0 aliphatic carbocycles. The van der Waals surface area contributed by atoms with E-state index < -0.39 is 0 Å². The topological polar surface area (TPSA) is 34.8 Å². The lowest BCUT2D eigenvalue weighted by Crippen LogP contribution is -1.83. The molecule has 0 fully saturated rings. The first-order valence-electron chi connectivity index (χ1n) is 2.85. The molecule has 0 amide bonds. The highest BCUT2D eigenvalue weighted by molar-refractivity contribution is 5.71. The van der Waals surface area contributed by atoms with Crippen molar-refractivity contribution in [2.45, 2.75) is 0 Å². The van der Waals surface area contributed by atoms with Crippen LogP contribution in [0.15, 0.2) is 30.6 Å². The lowest BCUT2D eigenvalue weighted by molar-refractivity contribution is 1.26. The fourth-order valence-electron chi connectivity index (χ4n) is 0.706. The monoisotopic (exact) mass is 118 g/mol. The van der Waals surface area contributed by atoms with E-state index in [0.717, 1.165) is 11.4 Å². The first kappa shape index (κ1) is 4.56. The second-order valence-corrected chi connectivity index (χ2v) is 1.92. The van der Waals surface area contributed by atoms with E-state index >= 15 is 0 Å². The Morgan fingerprint density at radius 1 is 1.33 bits per heavy atom. The van der Waals surface area contributed by atoms with Crippen LogP contribution in [-0.4, -0.2) is 4.98 Å². The predicted molar refractivity (Wildman–Crippen MR) is 35.3 cm³/mol. The van der Waals surface area contributed by atoms with E-state index in [1.54, 1.807) is 6.20 Å². The van der Waals surface area contributed by atoms with Crippen molar-refractivity contribution in [2.75, 3.05) is 0 Å². The van der Waals surface area contributed by atoms with Crippen LogP contribution in [0.1, 0.15) is 5.69 Å². The third kappa shape index (κ3) is 0.785. The minimum absolute atomic E-state index is 1.03. The second-order valence-electron chi connectivity index (χ2n) is 1.92. The van der Waals surface area contributed by atoms with Crippen molar-refractivity contribution in [1.29, 1.82) is 0 Å². The smallest absolute Gasteiger partial charge is 0.0879 e. The van der Waals surface area contributed by atoms with Gasteiger partial charge in [0.25, 0.3) is 0 Å². The number of hydrogen-bond acceptors (Lipinski definition) is 2. The minimum Gasteiger partial charge on any atom is -0.357 e. The fourth-order valence-corrected chi connectivity index (χ4v) is 0.706. The molecule has 9 heavy (non-hydrogen) atoms. The molecule has 0 bridgehead atoms. The Kier molecular flexibility index (Phi) is 0.803. The van der Waals surface area contributed by atoms with Gasteiger partial charge in [-0.15, -0.1) is 0 Å². The van der Waals surface area contributed by atoms with Gasteiger partial charge in [0.05, 0.1) is 11.4 Å². The summed E-state index contributed by atoms with van der Waals surface area (Å²) in [6.07, 6.45) is 3.72. The zero-order valence-electron chi connectivity index (χ0n) is 4.83. The molecular formula is C7H6N2. The number of pyridine rings is 1. The molecule has 0 radical (unpaired) electrons. The summed E-state index contributed by atoms with van der Waals surface area (Å²) in [5, 5.41) is 2.98. The molecular weight excluding hydrogens is 112 g/mol. The quantitative estimate of drug-likeness (QED) is 0.596. The van der Waals surface area contributed by atoms with Crippen LogP contribution in [0, 0.1) is 0 Å². The van der Waals surface area contributed by atoms with Gasteiger partial charge in [0, 0.05) is 12.4 Å². The molecule has 1 aromatic heterocycles. The Bertz CT molecular complexity index is 238. The van der Waals surface area contributed by atoms with E-state index in [0.29, 0.717) is 0 Å². The zero-order chi connectivity index (χ0) is 6.10. The zero-order valence-corrected chi connectivity index (χ0v) is 4.83. The van der Waals surface area contributed by atoms with Crippen molar-refractivity contribution in [3.8, 4) is 0 Å². The molecule has 2 heteroatoms. The van der Waals surface area contributed by atoms with Crippen molar-refractivity contribution in [2.24, 2.45) is 0 Å². The van der Waals surface area contributed by atoms with Gasteiger partial charge in [-0.3, -0.25) is 4.98 Å². The Labute approximate surface area is 53.2 Å². The molecule has 0 spiro atoms. The molecule has 1 aliphatic rings. The van der Waals surface area contributed by atoms with E-state index in [2.05, 4.69) is 10.3 Å². The maximum atomic E-state index is 4.11. The molecule has 1 aliphatic heterocycles. The van der Waals surface area contributed by atoms with Gasteiger partial charge >= 0.3 is 0 Å². The van der Waals surface area contributed by atoms with Crippen molar-refractivity contribution in [1.82, 2.24) is 10.3 Å². The van der Waals surface area contributed by atoms with E-state index in [4.69, 9.17) is 0 Å². The van der Waals surface area contributed by atoms with Crippen LogP contribution in [0.3, 0.4) is 0 Å². The van der Waals surface area contributed by atoms with Gasteiger partial charge in [0.15, 0.2) is 0 Å². The molecule has 1 aromatic rings. The third-order valence-electron chi connectivity index (χ3n) is 1.23. The molecule has 2 heterocycles. The molecule has 2 rings (SSSR count). The van der Waals surface area contributed by atoms with Crippen molar-refractivity contribution >= 4 is 5.70 Å². The van der Waals surface area contributed by atoms with Crippen LogP contribution < -0.4 is 5.32 Å². The summed E-state index contributed by atoms with van der Waals surface area (Å²) in [5.74, 6) is 0. The lowest BCUT2D eigenvalue weighted by atomic mass is 10.3. The second kappa shape index (κ2) is 1.58. The normalized spacial score (nSPS) is 14.0. The Balaban J connectivity index is 2.40.